The first-order valence-corrected chi connectivity index (χ1v) is 9.02. The predicted molar refractivity (Wildman–Crippen MR) is 106 cm³/mol. The van der Waals surface area contributed by atoms with E-state index in [9.17, 15) is 4.79 Å². The van der Waals surface area contributed by atoms with Crippen molar-refractivity contribution in [1.82, 2.24) is 9.97 Å². The lowest BCUT2D eigenvalue weighted by Gasteiger charge is -2.14. The van der Waals surface area contributed by atoms with Crippen LogP contribution in [0.25, 0.3) is 22.3 Å². The summed E-state index contributed by atoms with van der Waals surface area (Å²) in [6.07, 6.45) is 0.196. The molecule has 0 amide bonds. The van der Waals surface area contributed by atoms with E-state index < -0.39 is 0 Å². The van der Waals surface area contributed by atoms with Gasteiger partial charge in [-0.15, -0.1) is 0 Å². The van der Waals surface area contributed by atoms with Crippen molar-refractivity contribution >= 4 is 10.9 Å². The maximum absolute atomic E-state index is 12.7. The Balaban J connectivity index is 1.79. The van der Waals surface area contributed by atoms with Gasteiger partial charge in [0, 0.05) is 17.7 Å². The minimum absolute atomic E-state index is 0.196. The smallest absolute Gasteiger partial charge is 0.262 e. The van der Waals surface area contributed by atoms with Crippen LogP contribution in [0.2, 0.25) is 0 Å². The molecule has 1 aliphatic rings. The van der Waals surface area contributed by atoms with Crippen molar-refractivity contribution in [3.8, 4) is 28.6 Å². The second-order valence-electron chi connectivity index (χ2n) is 6.84. The van der Waals surface area contributed by atoms with E-state index in [1.165, 1.54) is 7.11 Å². The van der Waals surface area contributed by atoms with E-state index >= 15 is 0 Å². The zero-order valence-electron chi connectivity index (χ0n) is 16.3. The van der Waals surface area contributed by atoms with Crippen LogP contribution in [0, 0.1) is 13.8 Å². The average Bonchev–Trinajstić information content (AvgIpc) is 3.50. The van der Waals surface area contributed by atoms with Gasteiger partial charge in [-0.25, -0.2) is 4.98 Å². The highest BCUT2D eigenvalue weighted by atomic mass is 16.6. The molecule has 0 aliphatic carbocycles. The van der Waals surface area contributed by atoms with Crippen LogP contribution in [0.5, 0.6) is 17.2 Å². The third kappa shape index (κ3) is 3.41. The van der Waals surface area contributed by atoms with Gasteiger partial charge >= 0.3 is 0 Å². The number of aromatic amines is 1. The van der Waals surface area contributed by atoms with Crippen LogP contribution in [0.1, 0.15) is 11.1 Å². The zero-order valence-corrected chi connectivity index (χ0v) is 16.3. The van der Waals surface area contributed by atoms with E-state index in [2.05, 4.69) is 9.97 Å². The zero-order chi connectivity index (χ0) is 19.8. The molecule has 3 aromatic rings. The summed E-state index contributed by atoms with van der Waals surface area (Å²) in [4.78, 5) is 20.2. The van der Waals surface area contributed by atoms with E-state index in [1.54, 1.807) is 19.2 Å². The Bertz CT molecular complexity index is 1080. The molecule has 1 fully saturated rings. The van der Waals surface area contributed by atoms with Gasteiger partial charge in [-0.3, -0.25) is 4.79 Å². The van der Waals surface area contributed by atoms with Gasteiger partial charge in [0.1, 0.15) is 41.2 Å². The van der Waals surface area contributed by atoms with E-state index in [1.807, 2.05) is 26.0 Å². The van der Waals surface area contributed by atoms with Crippen molar-refractivity contribution in [2.24, 2.45) is 0 Å². The fourth-order valence-electron chi connectivity index (χ4n) is 3.28. The number of epoxide rings is 1. The normalized spacial score (nSPS) is 15.5. The quantitative estimate of drug-likeness (QED) is 0.660. The summed E-state index contributed by atoms with van der Waals surface area (Å²) in [5.41, 5.74) is 3.01. The molecule has 0 radical (unpaired) electrons. The molecule has 2 aromatic carbocycles. The van der Waals surface area contributed by atoms with Crippen molar-refractivity contribution in [3.05, 3.63) is 45.7 Å². The van der Waals surface area contributed by atoms with Crippen LogP contribution in [-0.2, 0) is 4.74 Å². The van der Waals surface area contributed by atoms with Crippen molar-refractivity contribution in [1.29, 1.82) is 0 Å². The second kappa shape index (κ2) is 7.16. The third-order valence-corrected chi connectivity index (χ3v) is 4.75. The fraction of sp³-hybridized carbons (Fsp3) is 0.333. The molecule has 0 saturated carbocycles. The van der Waals surface area contributed by atoms with Gasteiger partial charge in [-0.1, -0.05) is 0 Å². The minimum atomic E-state index is -0.263. The fourth-order valence-corrected chi connectivity index (χ4v) is 3.28. The summed E-state index contributed by atoms with van der Waals surface area (Å²) in [5, 5.41) is 0.393. The van der Waals surface area contributed by atoms with Gasteiger partial charge in [-0.2, -0.15) is 0 Å². The van der Waals surface area contributed by atoms with Gasteiger partial charge in [0.2, 0.25) is 0 Å². The monoisotopic (exact) mass is 382 g/mol. The molecule has 146 valence electrons. The predicted octanol–water partition coefficient (Wildman–Crippen LogP) is 3.00. The SMILES string of the molecule is COc1cc(OC)c2c(=O)[nH]c(-c3cc(C)c(OCC4CO4)c(C)c3)nc2c1. The lowest BCUT2D eigenvalue weighted by molar-refractivity contribution is 0.260. The molecular formula is C21H22N2O5. The number of aromatic nitrogens is 2. The van der Waals surface area contributed by atoms with Crippen molar-refractivity contribution in [2.45, 2.75) is 20.0 Å². The second-order valence-corrected chi connectivity index (χ2v) is 6.84. The van der Waals surface area contributed by atoms with Gasteiger partial charge in [0.15, 0.2) is 0 Å². The van der Waals surface area contributed by atoms with Crippen LogP contribution in [-0.4, -0.2) is 43.5 Å². The van der Waals surface area contributed by atoms with Crippen LogP contribution in [0.15, 0.2) is 29.1 Å². The molecule has 0 bridgehead atoms. The molecule has 2 heterocycles. The van der Waals surface area contributed by atoms with E-state index in [0.717, 1.165) is 29.0 Å². The molecule has 1 N–H and O–H groups in total. The first-order chi connectivity index (χ1) is 13.5. The first-order valence-electron chi connectivity index (χ1n) is 9.02. The summed E-state index contributed by atoms with van der Waals surface area (Å²) < 4.78 is 21.7. The number of ether oxygens (including phenoxy) is 4. The number of nitrogens with one attached hydrogen (secondary N) is 1. The van der Waals surface area contributed by atoms with Crippen LogP contribution >= 0.6 is 0 Å². The Labute approximate surface area is 162 Å². The Hall–Kier alpha value is -3.06. The van der Waals surface area contributed by atoms with Gasteiger partial charge in [0.25, 0.3) is 5.56 Å². The maximum atomic E-state index is 12.7. The van der Waals surface area contributed by atoms with Crippen LogP contribution in [0.4, 0.5) is 0 Å². The highest BCUT2D eigenvalue weighted by Gasteiger charge is 2.24. The molecule has 1 aromatic heterocycles. The molecular weight excluding hydrogens is 360 g/mol. The number of aryl methyl sites for hydroxylation is 2. The highest BCUT2D eigenvalue weighted by Crippen LogP contribution is 2.32. The minimum Gasteiger partial charge on any atom is -0.497 e. The molecule has 4 rings (SSSR count). The molecule has 0 spiro atoms. The van der Waals surface area contributed by atoms with Crippen LogP contribution in [0.3, 0.4) is 0 Å². The average molecular weight is 382 g/mol. The number of nitrogens with zero attached hydrogens (tertiary/aromatic N) is 1. The van der Waals surface area contributed by atoms with Gasteiger partial charge in [-0.05, 0) is 37.1 Å². The Kier molecular flexibility index (Phi) is 4.68. The summed E-state index contributed by atoms with van der Waals surface area (Å²) in [7, 11) is 3.08. The topological polar surface area (TPSA) is 86.0 Å². The molecule has 1 saturated heterocycles. The summed E-state index contributed by atoms with van der Waals surface area (Å²) in [5.74, 6) is 2.32. The number of benzene rings is 2. The van der Waals surface area contributed by atoms with Crippen molar-refractivity contribution in [3.63, 3.8) is 0 Å². The van der Waals surface area contributed by atoms with E-state index in [-0.39, 0.29) is 11.7 Å². The number of hydrogen-bond donors (Lipinski definition) is 1. The molecule has 1 unspecified atom stereocenters. The van der Waals surface area contributed by atoms with E-state index in [0.29, 0.717) is 34.8 Å². The molecule has 7 nitrogen and oxygen atoms in total. The molecule has 28 heavy (non-hydrogen) atoms. The Morgan fingerprint density at radius 2 is 1.86 bits per heavy atom. The lowest BCUT2D eigenvalue weighted by atomic mass is 10.0. The van der Waals surface area contributed by atoms with Crippen molar-refractivity contribution < 1.29 is 18.9 Å². The summed E-state index contributed by atoms with van der Waals surface area (Å²) >= 11 is 0. The first kappa shape index (κ1) is 18.3. The summed E-state index contributed by atoms with van der Waals surface area (Å²) in [6.45, 7) is 5.26. The largest absolute Gasteiger partial charge is 0.497 e. The molecule has 7 heteroatoms. The summed E-state index contributed by atoms with van der Waals surface area (Å²) in [6, 6.07) is 7.31. The van der Waals surface area contributed by atoms with Gasteiger partial charge < -0.3 is 23.9 Å². The highest BCUT2D eigenvalue weighted by molar-refractivity contribution is 5.87. The molecule has 1 aliphatic heterocycles. The van der Waals surface area contributed by atoms with Gasteiger partial charge in [0.05, 0.1) is 26.3 Å². The number of fused-ring (bicyclic) bond motifs is 1. The lowest BCUT2D eigenvalue weighted by Crippen LogP contribution is -2.11. The standard InChI is InChI=1S/C21H22N2O5/c1-11-5-13(6-12(2)19(11)28-10-15-9-27-15)20-22-16-7-14(25-3)8-17(26-4)18(16)21(24)23-20/h5-8,15H,9-10H2,1-4H3,(H,22,23,24). The number of H-pyrrole nitrogens is 1. The van der Waals surface area contributed by atoms with E-state index in [4.69, 9.17) is 18.9 Å². The third-order valence-electron chi connectivity index (χ3n) is 4.75. The Morgan fingerprint density at radius 1 is 1.14 bits per heavy atom. The van der Waals surface area contributed by atoms with Crippen molar-refractivity contribution in [2.75, 3.05) is 27.4 Å². The Morgan fingerprint density at radius 3 is 2.46 bits per heavy atom. The maximum Gasteiger partial charge on any atom is 0.262 e. The number of hydrogen-bond acceptors (Lipinski definition) is 6. The molecule has 1 atom stereocenters. The number of methoxy groups -OCH3 is 2. The van der Waals surface area contributed by atoms with Crippen LogP contribution < -0.4 is 19.8 Å². The number of rotatable bonds is 6.